The van der Waals surface area contributed by atoms with E-state index in [0.29, 0.717) is 6.61 Å². The van der Waals surface area contributed by atoms with Crippen molar-refractivity contribution < 1.29 is 4.74 Å². The van der Waals surface area contributed by atoms with Crippen LogP contribution in [-0.2, 0) is 19.7 Å². The lowest BCUT2D eigenvalue weighted by Gasteiger charge is -2.07. The molecule has 1 N–H and O–H groups in total. The number of nitrogens with zero attached hydrogens (tertiary/aromatic N) is 2. The van der Waals surface area contributed by atoms with E-state index in [0.717, 1.165) is 30.9 Å². The van der Waals surface area contributed by atoms with Crippen molar-refractivity contribution in [3.8, 4) is 5.75 Å². The van der Waals surface area contributed by atoms with Gasteiger partial charge in [0.25, 0.3) is 0 Å². The molecule has 0 amide bonds. The second kappa shape index (κ2) is 6.95. The molecule has 0 fully saturated rings. The molecule has 1 aromatic carbocycles. The molecule has 0 aliphatic heterocycles. The van der Waals surface area contributed by atoms with Crippen molar-refractivity contribution >= 4 is 0 Å². The quantitative estimate of drug-likeness (QED) is 0.830. The number of benzene rings is 1. The van der Waals surface area contributed by atoms with Gasteiger partial charge in [0, 0.05) is 24.8 Å². The van der Waals surface area contributed by atoms with E-state index in [9.17, 15) is 0 Å². The summed E-state index contributed by atoms with van der Waals surface area (Å²) in [7, 11) is 0. The third kappa shape index (κ3) is 4.10. The van der Waals surface area contributed by atoms with E-state index in [2.05, 4.69) is 36.4 Å². The Morgan fingerprint density at radius 3 is 2.89 bits per heavy atom. The van der Waals surface area contributed by atoms with E-state index in [4.69, 9.17) is 4.74 Å². The van der Waals surface area contributed by atoms with E-state index in [1.165, 1.54) is 5.56 Å². The Hall–Kier alpha value is -1.81. The molecule has 0 bridgehead atoms. The van der Waals surface area contributed by atoms with Crippen molar-refractivity contribution in [2.45, 2.75) is 33.5 Å². The zero-order chi connectivity index (χ0) is 13.5. The van der Waals surface area contributed by atoms with Crippen molar-refractivity contribution in [1.29, 1.82) is 0 Å². The Balaban J connectivity index is 1.91. The van der Waals surface area contributed by atoms with Crippen LogP contribution in [0.25, 0.3) is 0 Å². The molecular weight excluding hydrogens is 238 g/mol. The van der Waals surface area contributed by atoms with Crippen molar-refractivity contribution in [2.75, 3.05) is 6.54 Å². The first kappa shape index (κ1) is 13.6. The van der Waals surface area contributed by atoms with Gasteiger partial charge in [-0.1, -0.05) is 19.1 Å². The van der Waals surface area contributed by atoms with Gasteiger partial charge < -0.3 is 10.1 Å². The summed E-state index contributed by atoms with van der Waals surface area (Å²) in [6, 6.07) is 8.19. The molecule has 0 spiro atoms. The normalized spacial score (nSPS) is 10.6. The van der Waals surface area contributed by atoms with Crippen LogP contribution >= 0.6 is 0 Å². The highest BCUT2D eigenvalue weighted by atomic mass is 16.5. The summed E-state index contributed by atoms with van der Waals surface area (Å²) in [6.45, 7) is 7.47. The van der Waals surface area contributed by atoms with Gasteiger partial charge in [0.05, 0.1) is 6.20 Å². The fourth-order valence-corrected chi connectivity index (χ4v) is 1.84. The minimum Gasteiger partial charge on any atom is -0.489 e. The zero-order valence-electron chi connectivity index (χ0n) is 11.6. The lowest BCUT2D eigenvalue weighted by atomic mass is 10.2. The van der Waals surface area contributed by atoms with E-state index in [1.807, 2.05) is 29.2 Å². The second-order valence-corrected chi connectivity index (χ2v) is 4.42. The van der Waals surface area contributed by atoms with Crippen molar-refractivity contribution in [3.05, 3.63) is 47.8 Å². The molecule has 1 heterocycles. The van der Waals surface area contributed by atoms with Gasteiger partial charge in [-0.25, -0.2) is 0 Å². The Morgan fingerprint density at radius 1 is 1.26 bits per heavy atom. The molecule has 0 aliphatic rings. The van der Waals surface area contributed by atoms with Crippen LogP contribution in [0, 0.1) is 0 Å². The van der Waals surface area contributed by atoms with Gasteiger partial charge in [-0.15, -0.1) is 0 Å². The number of ether oxygens (including phenoxy) is 1. The first-order valence-corrected chi connectivity index (χ1v) is 6.75. The molecule has 2 rings (SSSR count). The molecule has 19 heavy (non-hydrogen) atoms. The fraction of sp³-hybridized carbons (Fsp3) is 0.400. The Labute approximate surface area is 114 Å². The van der Waals surface area contributed by atoms with Crippen LogP contribution in [0.15, 0.2) is 36.7 Å². The number of nitrogens with one attached hydrogen (secondary N) is 1. The van der Waals surface area contributed by atoms with Gasteiger partial charge >= 0.3 is 0 Å². The lowest BCUT2D eigenvalue weighted by molar-refractivity contribution is 0.305. The molecule has 1 aromatic heterocycles. The average molecular weight is 259 g/mol. The molecule has 2 aromatic rings. The number of hydrogen-bond donors (Lipinski definition) is 1. The maximum atomic E-state index is 5.79. The fourth-order valence-electron chi connectivity index (χ4n) is 1.84. The van der Waals surface area contributed by atoms with Gasteiger partial charge in [-0.2, -0.15) is 5.10 Å². The van der Waals surface area contributed by atoms with E-state index in [1.54, 1.807) is 0 Å². The van der Waals surface area contributed by atoms with Gasteiger partial charge in [0.1, 0.15) is 12.4 Å². The standard InChI is InChI=1S/C15H21N3O/c1-3-16-9-13-6-5-7-15(8-13)19-12-14-10-17-18(4-2)11-14/h5-8,10-11,16H,3-4,9,12H2,1-2H3. The molecule has 4 heteroatoms. The molecule has 102 valence electrons. The van der Waals surface area contributed by atoms with Crippen LogP contribution in [0.1, 0.15) is 25.0 Å². The highest BCUT2D eigenvalue weighted by Crippen LogP contribution is 2.15. The lowest BCUT2D eigenvalue weighted by Crippen LogP contribution is -2.11. The predicted octanol–water partition coefficient (Wildman–Crippen LogP) is 2.59. The minimum absolute atomic E-state index is 0.560. The predicted molar refractivity (Wildman–Crippen MR) is 76.1 cm³/mol. The number of aromatic nitrogens is 2. The topological polar surface area (TPSA) is 39.1 Å². The second-order valence-electron chi connectivity index (χ2n) is 4.42. The van der Waals surface area contributed by atoms with Gasteiger partial charge in [0.2, 0.25) is 0 Å². The molecule has 0 radical (unpaired) electrons. The van der Waals surface area contributed by atoms with Crippen molar-refractivity contribution in [1.82, 2.24) is 15.1 Å². The summed E-state index contributed by atoms with van der Waals surface area (Å²) in [5.41, 5.74) is 2.34. The highest BCUT2D eigenvalue weighted by Gasteiger charge is 2.00. The molecule has 0 saturated heterocycles. The molecule has 0 atom stereocenters. The van der Waals surface area contributed by atoms with E-state index < -0.39 is 0 Å². The summed E-state index contributed by atoms with van der Waals surface area (Å²) < 4.78 is 7.69. The van der Waals surface area contributed by atoms with Crippen LogP contribution in [0.4, 0.5) is 0 Å². The third-order valence-electron chi connectivity index (χ3n) is 2.89. The van der Waals surface area contributed by atoms with Gasteiger partial charge in [0.15, 0.2) is 0 Å². The van der Waals surface area contributed by atoms with Crippen molar-refractivity contribution in [3.63, 3.8) is 0 Å². The SMILES string of the molecule is CCNCc1cccc(OCc2cnn(CC)c2)c1. The van der Waals surface area contributed by atoms with E-state index in [-0.39, 0.29) is 0 Å². The van der Waals surface area contributed by atoms with Crippen LogP contribution in [0.3, 0.4) is 0 Å². The summed E-state index contributed by atoms with van der Waals surface area (Å²) in [4.78, 5) is 0. The summed E-state index contributed by atoms with van der Waals surface area (Å²) in [5.74, 6) is 0.902. The van der Waals surface area contributed by atoms with Crippen LogP contribution < -0.4 is 10.1 Å². The van der Waals surface area contributed by atoms with Crippen LogP contribution in [0.5, 0.6) is 5.75 Å². The molecule has 0 aliphatic carbocycles. The Morgan fingerprint density at radius 2 is 2.16 bits per heavy atom. The molecular formula is C15H21N3O. The number of rotatable bonds is 7. The summed E-state index contributed by atoms with van der Waals surface area (Å²) >= 11 is 0. The van der Waals surface area contributed by atoms with Gasteiger partial charge in [-0.05, 0) is 31.2 Å². The van der Waals surface area contributed by atoms with Gasteiger partial charge in [-0.3, -0.25) is 4.68 Å². The third-order valence-corrected chi connectivity index (χ3v) is 2.89. The summed E-state index contributed by atoms with van der Waals surface area (Å²) in [5, 5.41) is 7.54. The number of hydrogen-bond acceptors (Lipinski definition) is 3. The minimum atomic E-state index is 0.560. The van der Waals surface area contributed by atoms with Crippen LogP contribution in [-0.4, -0.2) is 16.3 Å². The number of aryl methyl sites for hydroxylation is 1. The average Bonchev–Trinajstić information content (AvgIpc) is 2.91. The Bertz CT molecular complexity index is 508. The molecule has 0 saturated carbocycles. The molecule has 0 unspecified atom stereocenters. The largest absolute Gasteiger partial charge is 0.489 e. The van der Waals surface area contributed by atoms with Crippen LogP contribution in [0.2, 0.25) is 0 Å². The Kier molecular flexibility index (Phi) is 4.98. The van der Waals surface area contributed by atoms with E-state index >= 15 is 0 Å². The monoisotopic (exact) mass is 259 g/mol. The summed E-state index contributed by atoms with van der Waals surface area (Å²) in [6.07, 6.45) is 3.87. The first-order valence-electron chi connectivity index (χ1n) is 6.75. The highest BCUT2D eigenvalue weighted by molar-refractivity contribution is 5.28. The van der Waals surface area contributed by atoms with Crippen molar-refractivity contribution in [2.24, 2.45) is 0 Å². The first-order chi connectivity index (χ1) is 9.31. The molecule has 4 nitrogen and oxygen atoms in total. The smallest absolute Gasteiger partial charge is 0.120 e. The maximum Gasteiger partial charge on any atom is 0.120 e. The maximum absolute atomic E-state index is 5.79. The zero-order valence-corrected chi connectivity index (χ0v) is 11.6.